The van der Waals surface area contributed by atoms with Gasteiger partial charge in [-0.15, -0.1) is 11.3 Å². The first-order valence-corrected chi connectivity index (χ1v) is 8.03. The van der Waals surface area contributed by atoms with Gasteiger partial charge in [-0.2, -0.15) is 5.10 Å². The van der Waals surface area contributed by atoms with Crippen LogP contribution in [0.5, 0.6) is 0 Å². The molecule has 0 bridgehead atoms. The summed E-state index contributed by atoms with van der Waals surface area (Å²) in [5.74, 6) is 0.682. The molecule has 4 heterocycles. The summed E-state index contributed by atoms with van der Waals surface area (Å²) in [6, 6.07) is 3.94. The Balaban J connectivity index is 1.61. The molecule has 0 saturated carbocycles. The van der Waals surface area contributed by atoms with Crippen LogP contribution in [0, 0.1) is 0 Å². The van der Waals surface area contributed by atoms with Crippen molar-refractivity contribution < 1.29 is 0 Å². The van der Waals surface area contributed by atoms with E-state index >= 15 is 0 Å². The summed E-state index contributed by atoms with van der Waals surface area (Å²) >= 11 is 1.59. The largest absolute Gasteiger partial charge is 0.306 e. The lowest BCUT2D eigenvalue weighted by molar-refractivity contribution is 0.242. The first-order chi connectivity index (χ1) is 10.8. The highest BCUT2D eigenvalue weighted by Crippen LogP contribution is 2.22. The molecular formula is C15H15N5OS. The molecule has 0 spiro atoms. The van der Waals surface area contributed by atoms with Crippen molar-refractivity contribution in [3.63, 3.8) is 0 Å². The number of fused-ring (bicyclic) bond motifs is 1. The summed E-state index contributed by atoms with van der Waals surface area (Å²) in [6.45, 7) is 2.33. The van der Waals surface area contributed by atoms with Crippen molar-refractivity contribution in [2.75, 3.05) is 6.54 Å². The third-order valence-electron chi connectivity index (χ3n) is 3.86. The van der Waals surface area contributed by atoms with Gasteiger partial charge in [0, 0.05) is 37.8 Å². The van der Waals surface area contributed by atoms with Gasteiger partial charge in [-0.25, -0.2) is 4.98 Å². The smallest absolute Gasteiger partial charge is 0.255 e. The zero-order valence-corrected chi connectivity index (χ0v) is 12.7. The van der Waals surface area contributed by atoms with E-state index in [1.54, 1.807) is 11.3 Å². The van der Waals surface area contributed by atoms with Crippen LogP contribution in [0.2, 0.25) is 0 Å². The molecule has 1 aliphatic heterocycles. The second kappa shape index (κ2) is 5.51. The summed E-state index contributed by atoms with van der Waals surface area (Å²) in [5, 5.41) is 8.76. The Hall–Kier alpha value is -2.25. The highest BCUT2D eigenvalue weighted by Gasteiger charge is 2.21. The number of hydrogen-bond acceptors (Lipinski definition) is 5. The number of thiophene rings is 1. The summed E-state index contributed by atoms with van der Waals surface area (Å²) in [5.41, 5.74) is 2.82. The number of aromatic amines is 2. The Kier molecular flexibility index (Phi) is 3.36. The van der Waals surface area contributed by atoms with E-state index in [1.807, 2.05) is 29.9 Å². The molecule has 0 aliphatic carbocycles. The first-order valence-electron chi connectivity index (χ1n) is 7.15. The van der Waals surface area contributed by atoms with Crippen molar-refractivity contribution in [3.8, 4) is 10.7 Å². The van der Waals surface area contributed by atoms with Gasteiger partial charge in [0.1, 0.15) is 0 Å². The molecule has 0 saturated heterocycles. The molecule has 3 aromatic rings. The third kappa shape index (κ3) is 2.49. The van der Waals surface area contributed by atoms with Gasteiger partial charge in [0.15, 0.2) is 5.82 Å². The second-order valence-electron chi connectivity index (χ2n) is 5.38. The van der Waals surface area contributed by atoms with E-state index in [0.717, 1.165) is 41.2 Å². The van der Waals surface area contributed by atoms with E-state index in [4.69, 9.17) is 0 Å². The van der Waals surface area contributed by atoms with E-state index in [-0.39, 0.29) is 5.56 Å². The molecule has 0 radical (unpaired) electrons. The minimum atomic E-state index is -0.0229. The molecule has 112 valence electrons. The van der Waals surface area contributed by atoms with Crippen molar-refractivity contribution in [3.05, 3.63) is 57.1 Å². The van der Waals surface area contributed by atoms with Crippen LogP contribution in [-0.2, 0) is 19.5 Å². The van der Waals surface area contributed by atoms with Crippen LogP contribution >= 0.6 is 11.3 Å². The summed E-state index contributed by atoms with van der Waals surface area (Å²) in [7, 11) is 0. The summed E-state index contributed by atoms with van der Waals surface area (Å²) in [4.78, 5) is 23.2. The molecule has 4 rings (SSSR count). The topological polar surface area (TPSA) is 77.7 Å². The minimum Gasteiger partial charge on any atom is -0.306 e. The monoisotopic (exact) mass is 313 g/mol. The average molecular weight is 313 g/mol. The number of hydrogen-bond donors (Lipinski definition) is 2. The first kappa shape index (κ1) is 13.4. The van der Waals surface area contributed by atoms with E-state index in [2.05, 4.69) is 25.1 Å². The highest BCUT2D eigenvalue weighted by atomic mass is 32.1. The maximum absolute atomic E-state index is 12.4. The molecule has 7 heteroatoms. The number of nitrogens with zero attached hydrogens (tertiary/aromatic N) is 3. The fourth-order valence-electron chi connectivity index (χ4n) is 2.77. The fourth-order valence-corrected chi connectivity index (χ4v) is 3.44. The molecule has 1 aliphatic rings. The van der Waals surface area contributed by atoms with Crippen molar-refractivity contribution in [2.45, 2.75) is 19.5 Å². The van der Waals surface area contributed by atoms with Gasteiger partial charge in [0.05, 0.1) is 22.3 Å². The van der Waals surface area contributed by atoms with Gasteiger partial charge in [-0.1, -0.05) is 6.07 Å². The van der Waals surface area contributed by atoms with E-state index < -0.39 is 0 Å². The van der Waals surface area contributed by atoms with Crippen molar-refractivity contribution in [1.29, 1.82) is 0 Å². The van der Waals surface area contributed by atoms with Crippen LogP contribution < -0.4 is 5.56 Å². The maximum atomic E-state index is 12.4. The van der Waals surface area contributed by atoms with Gasteiger partial charge in [-0.3, -0.25) is 14.8 Å². The maximum Gasteiger partial charge on any atom is 0.255 e. The molecular weight excluding hydrogens is 298 g/mol. The zero-order valence-electron chi connectivity index (χ0n) is 11.9. The number of rotatable bonds is 3. The third-order valence-corrected chi connectivity index (χ3v) is 4.74. The lowest BCUT2D eigenvalue weighted by atomic mass is 10.1. The number of H-pyrrole nitrogens is 2. The fraction of sp³-hybridized carbons (Fsp3) is 0.267. The summed E-state index contributed by atoms with van der Waals surface area (Å²) in [6.07, 6.45) is 4.51. The standard InChI is InChI=1S/C15H15N5OS/c21-15-11-9-20(8-10-6-16-17-7-10)4-3-12(11)18-14(19-15)13-2-1-5-22-13/h1-2,5-7H,3-4,8-9H2,(H,16,17)(H,18,19,21). The molecule has 0 unspecified atom stereocenters. The van der Waals surface area contributed by atoms with Crippen LogP contribution in [0.4, 0.5) is 0 Å². The molecule has 6 nitrogen and oxygen atoms in total. The van der Waals surface area contributed by atoms with Crippen LogP contribution in [0.25, 0.3) is 10.7 Å². The van der Waals surface area contributed by atoms with Crippen LogP contribution in [0.1, 0.15) is 16.8 Å². The second-order valence-corrected chi connectivity index (χ2v) is 6.33. The van der Waals surface area contributed by atoms with Gasteiger partial charge < -0.3 is 4.98 Å². The number of nitrogens with one attached hydrogen (secondary N) is 2. The normalized spacial score (nSPS) is 14.9. The van der Waals surface area contributed by atoms with Crippen molar-refractivity contribution >= 4 is 11.3 Å². The van der Waals surface area contributed by atoms with Gasteiger partial charge in [-0.05, 0) is 11.4 Å². The average Bonchev–Trinajstić information content (AvgIpc) is 3.20. The van der Waals surface area contributed by atoms with Crippen LogP contribution in [0.3, 0.4) is 0 Å². The van der Waals surface area contributed by atoms with Gasteiger partial charge in [0.2, 0.25) is 0 Å². The highest BCUT2D eigenvalue weighted by molar-refractivity contribution is 7.13. The Labute approximate surface area is 130 Å². The predicted octanol–water partition coefficient (Wildman–Crippen LogP) is 1.78. The van der Waals surface area contributed by atoms with Crippen molar-refractivity contribution in [1.82, 2.24) is 25.1 Å². The van der Waals surface area contributed by atoms with E-state index in [1.165, 1.54) is 0 Å². The molecule has 0 aromatic carbocycles. The van der Waals surface area contributed by atoms with E-state index in [9.17, 15) is 4.79 Å². The Morgan fingerprint density at radius 1 is 1.41 bits per heavy atom. The minimum absolute atomic E-state index is 0.0229. The zero-order chi connectivity index (χ0) is 14.9. The molecule has 0 atom stereocenters. The Bertz CT molecular complexity index is 822. The molecule has 0 fully saturated rings. The van der Waals surface area contributed by atoms with Crippen molar-refractivity contribution in [2.24, 2.45) is 0 Å². The quantitative estimate of drug-likeness (QED) is 0.772. The molecule has 2 N–H and O–H groups in total. The SMILES string of the molecule is O=c1[nH]c(-c2cccs2)nc2c1CN(Cc1cn[nH]c1)CC2. The number of aromatic nitrogens is 4. The van der Waals surface area contributed by atoms with Gasteiger partial charge in [0.25, 0.3) is 5.56 Å². The molecule has 0 amide bonds. The lowest BCUT2D eigenvalue weighted by Crippen LogP contribution is -2.35. The molecule has 3 aromatic heterocycles. The van der Waals surface area contributed by atoms with Crippen LogP contribution in [0.15, 0.2) is 34.7 Å². The van der Waals surface area contributed by atoms with Crippen LogP contribution in [-0.4, -0.2) is 31.6 Å². The lowest BCUT2D eigenvalue weighted by Gasteiger charge is -2.27. The predicted molar refractivity (Wildman–Crippen MR) is 84.6 cm³/mol. The van der Waals surface area contributed by atoms with Gasteiger partial charge >= 0.3 is 0 Å². The van der Waals surface area contributed by atoms with E-state index in [0.29, 0.717) is 12.4 Å². The molecule has 22 heavy (non-hydrogen) atoms. The Morgan fingerprint density at radius 2 is 2.36 bits per heavy atom. The Morgan fingerprint density at radius 3 is 3.14 bits per heavy atom. The summed E-state index contributed by atoms with van der Waals surface area (Å²) < 4.78 is 0.